The first-order valence-corrected chi connectivity index (χ1v) is 6.65. The van der Waals surface area contributed by atoms with Crippen molar-refractivity contribution in [3.05, 3.63) is 29.8 Å². The molecule has 0 spiro atoms. The summed E-state index contributed by atoms with van der Waals surface area (Å²) in [5.74, 6) is 0.910. The van der Waals surface area contributed by atoms with Gasteiger partial charge in [-0.2, -0.15) is 0 Å². The van der Waals surface area contributed by atoms with Crippen molar-refractivity contribution in [1.82, 2.24) is 0 Å². The summed E-state index contributed by atoms with van der Waals surface area (Å²) in [6, 6.07) is 8.46. The maximum atomic E-state index is 5.93. The van der Waals surface area contributed by atoms with E-state index < -0.39 is 0 Å². The molecule has 0 saturated carbocycles. The summed E-state index contributed by atoms with van der Waals surface area (Å²) in [4.78, 5) is 0. The molecule has 102 valence electrons. The van der Waals surface area contributed by atoms with Gasteiger partial charge in [-0.3, -0.25) is 0 Å². The molecular formula is C15H25NO2. The van der Waals surface area contributed by atoms with E-state index in [0.29, 0.717) is 0 Å². The molecule has 3 nitrogen and oxygen atoms in total. The van der Waals surface area contributed by atoms with E-state index in [9.17, 15) is 0 Å². The Morgan fingerprint density at radius 3 is 2.44 bits per heavy atom. The molecule has 0 amide bonds. The maximum absolute atomic E-state index is 5.93. The van der Waals surface area contributed by atoms with E-state index in [0.717, 1.165) is 31.6 Å². The molecule has 0 aliphatic rings. The summed E-state index contributed by atoms with van der Waals surface area (Å²) in [5.41, 5.74) is 7.20. The largest absolute Gasteiger partial charge is 0.491 e. The summed E-state index contributed by atoms with van der Waals surface area (Å²) in [5, 5.41) is 0. The van der Waals surface area contributed by atoms with E-state index in [2.05, 4.69) is 26.0 Å². The van der Waals surface area contributed by atoms with Crippen LogP contribution in [0.2, 0.25) is 0 Å². The number of hydrogen-bond acceptors (Lipinski definition) is 3. The van der Waals surface area contributed by atoms with Crippen LogP contribution in [0.4, 0.5) is 0 Å². The quantitative estimate of drug-likeness (QED) is 0.772. The van der Waals surface area contributed by atoms with E-state index in [-0.39, 0.29) is 12.1 Å². The van der Waals surface area contributed by atoms with Crippen molar-refractivity contribution in [3.63, 3.8) is 0 Å². The molecule has 0 bridgehead atoms. The zero-order valence-corrected chi connectivity index (χ0v) is 11.7. The minimum atomic E-state index is 0.175. The Hall–Kier alpha value is -1.06. The second kappa shape index (κ2) is 8.11. The molecule has 0 radical (unpaired) electrons. The Balaban J connectivity index is 2.44. The van der Waals surface area contributed by atoms with E-state index in [1.54, 1.807) is 7.11 Å². The van der Waals surface area contributed by atoms with Crippen LogP contribution in [-0.4, -0.2) is 25.9 Å². The molecule has 1 aromatic rings. The van der Waals surface area contributed by atoms with Gasteiger partial charge in [0.1, 0.15) is 5.75 Å². The maximum Gasteiger partial charge on any atom is 0.119 e. The molecule has 18 heavy (non-hydrogen) atoms. The average molecular weight is 251 g/mol. The fraction of sp³-hybridized carbons (Fsp3) is 0.600. The van der Waals surface area contributed by atoms with E-state index in [1.165, 1.54) is 5.56 Å². The highest BCUT2D eigenvalue weighted by molar-refractivity contribution is 5.27. The van der Waals surface area contributed by atoms with E-state index >= 15 is 0 Å². The van der Waals surface area contributed by atoms with Gasteiger partial charge in [-0.1, -0.05) is 19.1 Å². The predicted molar refractivity (Wildman–Crippen MR) is 75.0 cm³/mol. The molecule has 3 heteroatoms. The fourth-order valence-corrected chi connectivity index (χ4v) is 1.73. The molecule has 0 saturated heterocycles. The summed E-state index contributed by atoms with van der Waals surface area (Å²) >= 11 is 0. The van der Waals surface area contributed by atoms with Gasteiger partial charge < -0.3 is 15.2 Å². The first-order chi connectivity index (χ1) is 8.65. The van der Waals surface area contributed by atoms with Gasteiger partial charge in [-0.25, -0.2) is 0 Å². The number of rotatable bonds is 8. The van der Waals surface area contributed by atoms with Gasteiger partial charge in [-0.15, -0.1) is 0 Å². The van der Waals surface area contributed by atoms with Gasteiger partial charge in [0, 0.05) is 26.2 Å². The highest BCUT2D eigenvalue weighted by Crippen LogP contribution is 2.16. The van der Waals surface area contributed by atoms with Gasteiger partial charge in [0.25, 0.3) is 0 Å². The van der Waals surface area contributed by atoms with E-state index in [4.69, 9.17) is 15.2 Å². The molecule has 1 aromatic carbocycles. The van der Waals surface area contributed by atoms with Crippen molar-refractivity contribution < 1.29 is 9.47 Å². The van der Waals surface area contributed by atoms with Crippen molar-refractivity contribution in [2.75, 3.05) is 13.7 Å². The first kappa shape index (κ1) is 15.0. The van der Waals surface area contributed by atoms with Crippen LogP contribution < -0.4 is 10.5 Å². The molecule has 1 rings (SSSR count). The zero-order valence-electron chi connectivity index (χ0n) is 11.7. The van der Waals surface area contributed by atoms with Crippen molar-refractivity contribution >= 4 is 0 Å². The summed E-state index contributed by atoms with van der Waals surface area (Å²) in [7, 11) is 1.71. The standard InChI is InChI=1S/C15H25NO2/c1-4-14(16)11-13-5-7-15(8-6-13)18-12(2)9-10-17-3/h5-8,12,14H,4,9-11,16H2,1-3H3. The molecule has 0 aliphatic heterocycles. The third kappa shape index (κ3) is 5.52. The van der Waals surface area contributed by atoms with Crippen LogP contribution in [0.1, 0.15) is 32.3 Å². The molecule has 0 aromatic heterocycles. The molecule has 0 aliphatic carbocycles. The Kier molecular flexibility index (Phi) is 6.76. The van der Waals surface area contributed by atoms with Crippen LogP contribution in [-0.2, 0) is 11.2 Å². The molecule has 0 heterocycles. The molecule has 2 unspecified atom stereocenters. The Bertz CT molecular complexity index is 324. The first-order valence-electron chi connectivity index (χ1n) is 6.65. The smallest absolute Gasteiger partial charge is 0.119 e. The number of benzene rings is 1. The predicted octanol–water partition coefficient (Wildman–Crippen LogP) is 2.77. The molecular weight excluding hydrogens is 226 g/mol. The summed E-state index contributed by atoms with van der Waals surface area (Å²) in [6.45, 7) is 4.89. The van der Waals surface area contributed by atoms with Gasteiger partial charge >= 0.3 is 0 Å². The highest BCUT2D eigenvalue weighted by Gasteiger charge is 2.05. The molecule has 2 N–H and O–H groups in total. The fourth-order valence-electron chi connectivity index (χ4n) is 1.73. The van der Waals surface area contributed by atoms with Crippen molar-refractivity contribution in [2.24, 2.45) is 5.73 Å². The number of ether oxygens (including phenoxy) is 2. The second-order valence-electron chi connectivity index (χ2n) is 4.73. The van der Waals surface area contributed by atoms with Crippen LogP contribution in [0, 0.1) is 0 Å². The van der Waals surface area contributed by atoms with Gasteiger partial charge in [0.05, 0.1) is 6.10 Å². The normalized spacial score (nSPS) is 14.2. The van der Waals surface area contributed by atoms with Crippen LogP contribution >= 0.6 is 0 Å². The lowest BCUT2D eigenvalue weighted by Gasteiger charge is -2.15. The third-order valence-electron chi connectivity index (χ3n) is 3.01. The number of hydrogen-bond donors (Lipinski definition) is 1. The van der Waals surface area contributed by atoms with Crippen LogP contribution in [0.5, 0.6) is 5.75 Å². The number of methoxy groups -OCH3 is 1. The Morgan fingerprint density at radius 1 is 1.22 bits per heavy atom. The minimum absolute atomic E-state index is 0.175. The second-order valence-corrected chi connectivity index (χ2v) is 4.73. The van der Waals surface area contributed by atoms with Gasteiger partial charge in [0.2, 0.25) is 0 Å². The lowest BCUT2D eigenvalue weighted by molar-refractivity contribution is 0.135. The lowest BCUT2D eigenvalue weighted by atomic mass is 10.0. The van der Waals surface area contributed by atoms with E-state index in [1.807, 2.05) is 12.1 Å². The van der Waals surface area contributed by atoms with Crippen molar-refractivity contribution in [1.29, 1.82) is 0 Å². The third-order valence-corrected chi connectivity index (χ3v) is 3.01. The van der Waals surface area contributed by atoms with Gasteiger partial charge in [0.15, 0.2) is 0 Å². The number of nitrogens with two attached hydrogens (primary N) is 1. The van der Waals surface area contributed by atoms with Gasteiger partial charge in [-0.05, 0) is 37.5 Å². The van der Waals surface area contributed by atoms with Crippen molar-refractivity contribution in [3.8, 4) is 5.75 Å². The highest BCUT2D eigenvalue weighted by atomic mass is 16.5. The Morgan fingerprint density at radius 2 is 1.89 bits per heavy atom. The zero-order chi connectivity index (χ0) is 13.4. The van der Waals surface area contributed by atoms with Crippen molar-refractivity contribution in [2.45, 2.75) is 45.3 Å². The van der Waals surface area contributed by atoms with Crippen LogP contribution in [0.25, 0.3) is 0 Å². The SMILES string of the molecule is CCC(N)Cc1ccc(OC(C)CCOC)cc1. The summed E-state index contributed by atoms with van der Waals surface area (Å²) in [6.07, 6.45) is 3.01. The monoisotopic (exact) mass is 251 g/mol. The topological polar surface area (TPSA) is 44.5 Å². The average Bonchev–Trinajstić information content (AvgIpc) is 2.38. The Labute approximate surface area is 110 Å². The minimum Gasteiger partial charge on any atom is -0.491 e. The molecule has 0 fully saturated rings. The molecule has 2 atom stereocenters. The van der Waals surface area contributed by atoms with Crippen LogP contribution in [0.3, 0.4) is 0 Å². The van der Waals surface area contributed by atoms with Crippen LogP contribution in [0.15, 0.2) is 24.3 Å². The lowest BCUT2D eigenvalue weighted by Crippen LogP contribution is -2.21. The summed E-state index contributed by atoms with van der Waals surface area (Å²) < 4.78 is 10.8.